The molecule has 0 aliphatic heterocycles. The maximum absolute atomic E-state index is 13.1. The van der Waals surface area contributed by atoms with Crippen molar-refractivity contribution in [2.24, 2.45) is 17.2 Å². The Hall–Kier alpha value is -3.27. The summed E-state index contributed by atoms with van der Waals surface area (Å²) < 4.78 is 44.6. The molecule has 2 rings (SSSR count). The van der Waals surface area contributed by atoms with Gasteiger partial charge in [-0.3, -0.25) is 14.5 Å². The van der Waals surface area contributed by atoms with Gasteiger partial charge in [0.05, 0.1) is 24.9 Å². The van der Waals surface area contributed by atoms with Gasteiger partial charge in [0, 0.05) is 26.2 Å². The quantitative estimate of drug-likeness (QED) is 0.103. The summed E-state index contributed by atoms with van der Waals surface area (Å²) in [5, 5.41) is 25.4. The summed E-state index contributed by atoms with van der Waals surface area (Å²) in [5.74, 6) is -1.52. The number of alkyl halides is 3. The van der Waals surface area contributed by atoms with Gasteiger partial charge in [0.2, 0.25) is 11.8 Å². The second kappa shape index (κ2) is 16.9. The van der Waals surface area contributed by atoms with Gasteiger partial charge in [0.1, 0.15) is 17.9 Å². The standard InChI is InChI=1S/C27H39F3N6O5/c28-27(29,30)20-6-4-19(5-7-20)24(38)23(26(40)34-16-18-2-8-21(37)9-3-18)35-25(39)22(33)10-15-41-17-36(14-12-32)13-1-11-31/h2-9,22-24,37-38H,1,10-17,31-33H2,(H,34,40)(H,35,39). The molecule has 10 N–H and O–H groups in total. The molecule has 3 atom stereocenters. The summed E-state index contributed by atoms with van der Waals surface area (Å²) in [5.41, 5.74) is 16.8. The van der Waals surface area contributed by atoms with Crippen LogP contribution in [0.1, 0.15) is 35.6 Å². The average Bonchev–Trinajstić information content (AvgIpc) is 2.95. The molecular weight excluding hydrogens is 545 g/mol. The maximum atomic E-state index is 13.1. The van der Waals surface area contributed by atoms with E-state index in [-0.39, 0.29) is 37.6 Å². The van der Waals surface area contributed by atoms with Crippen LogP contribution in [0.2, 0.25) is 0 Å². The number of nitrogens with zero attached hydrogens (tertiary/aromatic N) is 1. The minimum atomic E-state index is -4.58. The Kier molecular flexibility index (Phi) is 14.0. The summed E-state index contributed by atoms with van der Waals surface area (Å²) >= 11 is 0. The Morgan fingerprint density at radius 3 is 2.22 bits per heavy atom. The molecule has 41 heavy (non-hydrogen) atoms. The molecular formula is C27H39F3N6O5. The fourth-order valence-corrected chi connectivity index (χ4v) is 3.80. The van der Waals surface area contributed by atoms with Crippen LogP contribution in [0.3, 0.4) is 0 Å². The van der Waals surface area contributed by atoms with Gasteiger partial charge in [0.15, 0.2) is 0 Å². The van der Waals surface area contributed by atoms with Crippen LogP contribution in [-0.4, -0.2) is 78.5 Å². The Balaban J connectivity index is 2.06. The van der Waals surface area contributed by atoms with E-state index < -0.39 is 41.7 Å². The number of carbonyl (C=O) groups is 2. The minimum absolute atomic E-state index is 0.00539. The molecule has 0 aromatic heterocycles. The van der Waals surface area contributed by atoms with E-state index in [2.05, 4.69) is 10.6 Å². The van der Waals surface area contributed by atoms with Crippen molar-refractivity contribution in [3.8, 4) is 5.75 Å². The predicted octanol–water partition coefficient (Wildman–Crippen LogP) is 0.547. The lowest BCUT2D eigenvalue weighted by atomic mass is 9.99. The van der Waals surface area contributed by atoms with Crippen molar-refractivity contribution in [2.75, 3.05) is 39.5 Å². The molecule has 0 bridgehead atoms. The second-order valence-corrected chi connectivity index (χ2v) is 9.42. The highest BCUT2D eigenvalue weighted by Crippen LogP contribution is 2.30. The van der Waals surface area contributed by atoms with E-state index in [9.17, 15) is 33.0 Å². The molecule has 228 valence electrons. The number of hydrogen-bond donors (Lipinski definition) is 7. The van der Waals surface area contributed by atoms with Crippen molar-refractivity contribution in [1.29, 1.82) is 0 Å². The van der Waals surface area contributed by atoms with Crippen LogP contribution in [0.5, 0.6) is 5.75 Å². The Morgan fingerprint density at radius 2 is 1.63 bits per heavy atom. The normalized spacial score (nSPS) is 14.0. The highest BCUT2D eigenvalue weighted by Gasteiger charge is 2.33. The molecule has 0 saturated heterocycles. The number of halogens is 3. The number of phenols is 1. The number of ether oxygens (including phenoxy) is 1. The topological polar surface area (TPSA) is 189 Å². The lowest BCUT2D eigenvalue weighted by molar-refractivity contribution is -0.137. The Morgan fingerprint density at radius 1 is 0.976 bits per heavy atom. The first-order valence-corrected chi connectivity index (χ1v) is 13.1. The number of carbonyl (C=O) groups excluding carboxylic acids is 2. The maximum Gasteiger partial charge on any atom is 0.416 e. The number of nitrogens with two attached hydrogens (primary N) is 3. The zero-order chi connectivity index (χ0) is 30.4. The van der Waals surface area contributed by atoms with E-state index in [0.717, 1.165) is 30.7 Å². The lowest BCUT2D eigenvalue weighted by Crippen LogP contribution is -2.54. The number of hydrogen-bond acceptors (Lipinski definition) is 9. The van der Waals surface area contributed by atoms with Crippen molar-refractivity contribution in [3.63, 3.8) is 0 Å². The number of benzene rings is 2. The SMILES string of the molecule is NCCCN(CCN)COCCC(N)C(=O)NC(C(=O)NCc1ccc(O)cc1)C(O)c1ccc(C(F)(F)F)cc1. The van der Waals surface area contributed by atoms with Crippen LogP contribution in [-0.2, 0) is 27.0 Å². The van der Waals surface area contributed by atoms with Gasteiger partial charge in [-0.15, -0.1) is 0 Å². The van der Waals surface area contributed by atoms with Gasteiger partial charge >= 0.3 is 6.18 Å². The van der Waals surface area contributed by atoms with Gasteiger partial charge in [-0.25, -0.2) is 0 Å². The number of nitrogens with one attached hydrogen (secondary N) is 2. The van der Waals surface area contributed by atoms with E-state index >= 15 is 0 Å². The zero-order valence-electron chi connectivity index (χ0n) is 22.6. The Bertz CT molecular complexity index is 1070. The van der Waals surface area contributed by atoms with Crippen LogP contribution >= 0.6 is 0 Å². The van der Waals surface area contributed by atoms with E-state index in [1.807, 2.05) is 4.90 Å². The highest BCUT2D eigenvalue weighted by atomic mass is 19.4. The first-order chi connectivity index (χ1) is 19.5. The number of amides is 2. The molecule has 0 aliphatic rings. The molecule has 14 heteroatoms. The summed E-state index contributed by atoms with van der Waals surface area (Å²) in [6, 6.07) is 6.92. The molecule has 0 heterocycles. The molecule has 0 saturated carbocycles. The number of aliphatic hydroxyl groups excluding tert-OH is 1. The Labute approximate surface area is 236 Å². The number of phenolic OH excluding ortho intramolecular Hbond substituents is 1. The molecule has 0 fully saturated rings. The first kappa shape index (κ1) is 33.9. The smallest absolute Gasteiger partial charge is 0.416 e. The van der Waals surface area contributed by atoms with E-state index in [0.29, 0.717) is 31.7 Å². The zero-order valence-corrected chi connectivity index (χ0v) is 22.6. The van der Waals surface area contributed by atoms with Crippen LogP contribution in [0.15, 0.2) is 48.5 Å². The number of rotatable bonds is 17. The highest BCUT2D eigenvalue weighted by molar-refractivity contribution is 5.90. The minimum Gasteiger partial charge on any atom is -0.508 e. The van der Waals surface area contributed by atoms with Crippen molar-refractivity contribution in [3.05, 3.63) is 65.2 Å². The third kappa shape index (κ3) is 11.6. The molecule has 2 aromatic rings. The van der Waals surface area contributed by atoms with Gasteiger partial charge in [-0.2, -0.15) is 13.2 Å². The third-order valence-electron chi connectivity index (χ3n) is 6.19. The van der Waals surface area contributed by atoms with Gasteiger partial charge < -0.3 is 42.8 Å². The van der Waals surface area contributed by atoms with E-state index in [1.165, 1.54) is 12.1 Å². The van der Waals surface area contributed by atoms with Crippen molar-refractivity contribution >= 4 is 11.8 Å². The fourth-order valence-electron chi connectivity index (χ4n) is 3.80. The summed E-state index contributed by atoms with van der Waals surface area (Å²) in [6.45, 7) is 2.65. The van der Waals surface area contributed by atoms with Crippen LogP contribution < -0.4 is 27.8 Å². The summed E-state index contributed by atoms with van der Waals surface area (Å²) in [7, 11) is 0. The van der Waals surface area contributed by atoms with Crippen molar-refractivity contribution in [1.82, 2.24) is 15.5 Å². The van der Waals surface area contributed by atoms with E-state index in [4.69, 9.17) is 21.9 Å². The van der Waals surface area contributed by atoms with Crippen LogP contribution in [0.4, 0.5) is 13.2 Å². The molecule has 3 unspecified atom stereocenters. The lowest BCUT2D eigenvalue weighted by Gasteiger charge is -2.26. The molecule has 0 aliphatic carbocycles. The fraction of sp³-hybridized carbons (Fsp3) is 0.481. The number of aromatic hydroxyl groups is 1. The first-order valence-electron chi connectivity index (χ1n) is 13.1. The molecule has 2 aromatic carbocycles. The summed E-state index contributed by atoms with van der Waals surface area (Å²) in [6.07, 6.45) is -5.41. The van der Waals surface area contributed by atoms with Gasteiger partial charge in [-0.1, -0.05) is 24.3 Å². The second-order valence-electron chi connectivity index (χ2n) is 9.42. The molecule has 0 radical (unpaired) electrons. The van der Waals surface area contributed by atoms with Crippen molar-refractivity contribution in [2.45, 2.75) is 43.8 Å². The molecule has 11 nitrogen and oxygen atoms in total. The number of aliphatic hydroxyl groups is 1. The third-order valence-corrected chi connectivity index (χ3v) is 6.19. The van der Waals surface area contributed by atoms with Crippen molar-refractivity contribution < 1.29 is 37.7 Å². The van der Waals surface area contributed by atoms with Gasteiger partial charge in [0.25, 0.3) is 0 Å². The average molecular weight is 585 g/mol. The predicted molar refractivity (Wildman–Crippen MR) is 146 cm³/mol. The van der Waals surface area contributed by atoms with Gasteiger partial charge in [-0.05, 0) is 54.8 Å². The van der Waals surface area contributed by atoms with Crippen LogP contribution in [0.25, 0.3) is 0 Å². The van der Waals surface area contributed by atoms with Crippen LogP contribution in [0, 0.1) is 0 Å². The largest absolute Gasteiger partial charge is 0.508 e. The molecule has 0 spiro atoms. The summed E-state index contributed by atoms with van der Waals surface area (Å²) in [4.78, 5) is 27.9. The van der Waals surface area contributed by atoms with E-state index in [1.54, 1.807) is 12.1 Å². The molecule has 2 amide bonds. The monoisotopic (exact) mass is 584 g/mol.